The zero-order valence-corrected chi connectivity index (χ0v) is 11.9. The van der Waals surface area contributed by atoms with Crippen molar-refractivity contribution in [3.63, 3.8) is 0 Å². The molecule has 1 aromatic carbocycles. The lowest BCUT2D eigenvalue weighted by Crippen LogP contribution is -2.39. The Hall–Kier alpha value is -1.40. The van der Waals surface area contributed by atoms with Crippen LogP contribution in [0.25, 0.3) is 0 Å². The molecule has 1 saturated heterocycles. The van der Waals surface area contributed by atoms with Gasteiger partial charge in [0.1, 0.15) is 0 Å². The number of hydrogen-bond acceptors (Lipinski definition) is 3. The van der Waals surface area contributed by atoms with Crippen LogP contribution < -0.4 is 0 Å². The number of hydrogen-bond donors (Lipinski definition) is 0. The minimum Gasteiger partial charge on any atom is -0.328 e. The quantitative estimate of drug-likeness (QED) is 0.822. The Labute approximate surface area is 113 Å². The number of benzene rings is 1. The van der Waals surface area contributed by atoms with E-state index in [1.54, 1.807) is 4.90 Å². The van der Waals surface area contributed by atoms with E-state index in [0.29, 0.717) is 13.0 Å². The van der Waals surface area contributed by atoms with Gasteiger partial charge in [0.25, 0.3) is 0 Å². The highest BCUT2D eigenvalue weighted by molar-refractivity contribution is 7.88. The molecule has 1 amide bonds. The van der Waals surface area contributed by atoms with Crippen molar-refractivity contribution in [2.75, 3.05) is 26.5 Å². The number of rotatable bonds is 4. The summed E-state index contributed by atoms with van der Waals surface area (Å²) in [5.74, 6) is 0.158. The Bertz CT molecular complexity index is 557. The molecular formula is C13H18N2O3S. The van der Waals surface area contributed by atoms with Crippen LogP contribution >= 0.6 is 0 Å². The molecule has 6 heteroatoms. The zero-order valence-electron chi connectivity index (χ0n) is 11.1. The molecule has 1 atom stereocenters. The van der Waals surface area contributed by atoms with Crippen molar-refractivity contribution in [1.29, 1.82) is 0 Å². The molecule has 0 bridgehead atoms. The van der Waals surface area contributed by atoms with E-state index in [1.165, 1.54) is 11.4 Å². The van der Waals surface area contributed by atoms with E-state index in [2.05, 4.69) is 0 Å². The Morgan fingerprint density at radius 1 is 1.32 bits per heavy atom. The van der Waals surface area contributed by atoms with Gasteiger partial charge in [-0.25, -0.2) is 8.42 Å². The zero-order chi connectivity index (χ0) is 14.0. The van der Waals surface area contributed by atoms with E-state index in [1.807, 2.05) is 30.3 Å². The second-order valence-corrected chi connectivity index (χ2v) is 7.02. The average molecular weight is 282 g/mol. The lowest BCUT2D eigenvalue weighted by Gasteiger charge is -2.22. The molecule has 1 fully saturated rings. The number of amides is 1. The molecule has 0 N–H and O–H groups in total. The Balaban J connectivity index is 2.05. The van der Waals surface area contributed by atoms with Crippen LogP contribution in [0.5, 0.6) is 0 Å². The number of carbonyl (C=O) groups is 1. The third-order valence-corrected chi connectivity index (χ3v) is 4.67. The predicted octanol–water partition coefficient (Wildman–Crippen LogP) is 0.851. The molecule has 0 unspecified atom stereocenters. The van der Waals surface area contributed by atoms with Crippen LogP contribution in [0.1, 0.15) is 17.9 Å². The number of sulfonamides is 1. The molecule has 104 valence electrons. The number of nitrogens with zero attached hydrogens (tertiary/aromatic N) is 2. The predicted molar refractivity (Wildman–Crippen MR) is 73.0 cm³/mol. The van der Waals surface area contributed by atoms with Crippen molar-refractivity contribution in [3.8, 4) is 0 Å². The van der Waals surface area contributed by atoms with Gasteiger partial charge in [-0.15, -0.1) is 0 Å². The molecular weight excluding hydrogens is 264 g/mol. The maximum absolute atomic E-state index is 11.9. The number of likely N-dealkylation sites (tertiary alicyclic amines) is 1. The summed E-state index contributed by atoms with van der Waals surface area (Å²) in [6.45, 7) is 0.698. The lowest BCUT2D eigenvalue weighted by atomic mass is 9.99. The van der Waals surface area contributed by atoms with Gasteiger partial charge in [0.05, 0.1) is 12.9 Å². The van der Waals surface area contributed by atoms with Crippen LogP contribution in [0.3, 0.4) is 0 Å². The summed E-state index contributed by atoms with van der Waals surface area (Å²) in [5.41, 5.74) is 1.13. The van der Waals surface area contributed by atoms with E-state index >= 15 is 0 Å². The third-order valence-electron chi connectivity index (χ3n) is 3.42. The fourth-order valence-corrected chi connectivity index (χ4v) is 2.55. The second-order valence-electron chi connectivity index (χ2n) is 4.93. The van der Waals surface area contributed by atoms with E-state index in [-0.39, 0.29) is 18.5 Å². The van der Waals surface area contributed by atoms with Crippen LogP contribution in [0.2, 0.25) is 0 Å². The molecule has 2 rings (SSSR count). The van der Waals surface area contributed by atoms with Crippen molar-refractivity contribution in [2.24, 2.45) is 0 Å². The van der Waals surface area contributed by atoms with Gasteiger partial charge >= 0.3 is 0 Å². The average Bonchev–Trinajstić information content (AvgIpc) is 2.71. The lowest BCUT2D eigenvalue weighted by molar-refractivity contribution is -0.128. The van der Waals surface area contributed by atoms with E-state index in [4.69, 9.17) is 0 Å². The summed E-state index contributed by atoms with van der Waals surface area (Å²) in [7, 11) is -1.77. The van der Waals surface area contributed by atoms with Gasteiger partial charge in [0.15, 0.2) is 0 Å². The van der Waals surface area contributed by atoms with Gasteiger partial charge in [-0.05, 0) is 5.56 Å². The van der Waals surface area contributed by atoms with Crippen LogP contribution in [0.15, 0.2) is 30.3 Å². The fraction of sp³-hybridized carbons (Fsp3) is 0.462. The molecule has 0 aromatic heterocycles. The Kier molecular flexibility index (Phi) is 3.91. The van der Waals surface area contributed by atoms with E-state index in [9.17, 15) is 13.2 Å². The van der Waals surface area contributed by atoms with Gasteiger partial charge in [-0.1, -0.05) is 30.3 Å². The van der Waals surface area contributed by atoms with Gasteiger partial charge in [-0.3, -0.25) is 4.79 Å². The molecule has 1 aliphatic rings. The first-order chi connectivity index (χ1) is 8.88. The highest BCUT2D eigenvalue weighted by Gasteiger charge is 2.32. The Morgan fingerprint density at radius 3 is 2.53 bits per heavy atom. The van der Waals surface area contributed by atoms with Crippen molar-refractivity contribution in [3.05, 3.63) is 35.9 Å². The Morgan fingerprint density at radius 2 is 1.95 bits per heavy atom. The minimum atomic E-state index is -3.26. The first kappa shape index (κ1) is 14.0. The van der Waals surface area contributed by atoms with Crippen LogP contribution in [0, 0.1) is 0 Å². The molecule has 19 heavy (non-hydrogen) atoms. The molecule has 0 spiro atoms. The largest absolute Gasteiger partial charge is 0.328 e. The smallest absolute Gasteiger partial charge is 0.224 e. The van der Waals surface area contributed by atoms with Crippen LogP contribution in [-0.2, 0) is 14.8 Å². The third kappa shape index (κ3) is 3.33. The maximum Gasteiger partial charge on any atom is 0.224 e. The molecule has 1 aromatic rings. The molecule has 1 aliphatic heterocycles. The monoisotopic (exact) mass is 282 g/mol. The summed E-state index contributed by atoms with van der Waals surface area (Å²) in [5, 5.41) is 0. The van der Waals surface area contributed by atoms with Gasteiger partial charge in [-0.2, -0.15) is 4.31 Å². The van der Waals surface area contributed by atoms with E-state index in [0.717, 1.165) is 11.8 Å². The summed E-state index contributed by atoms with van der Waals surface area (Å²) in [4.78, 5) is 13.5. The molecule has 5 nitrogen and oxygen atoms in total. The van der Waals surface area contributed by atoms with E-state index < -0.39 is 10.0 Å². The standard InChI is InChI=1S/C13H18N2O3S/c1-14(19(2,17)18)10-15-9-12(8-13(15)16)11-6-4-3-5-7-11/h3-7,12H,8-10H2,1-2H3/t12-/m0/s1. The van der Waals surface area contributed by atoms with Crippen molar-refractivity contribution in [2.45, 2.75) is 12.3 Å². The summed E-state index contributed by atoms with van der Waals surface area (Å²) >= 11 is 0. The van der Waals surface area contributed by atoms with Gasteiger partial charge in [0, 0.05) is 25.9 Å². The van der Waals surface area contributed by atoms with Crippen molar-refractivity contribution in [1.82, 2.24) is 9.21 Å². The molecule has 0 aliphatic carbocycles. The minimum absolute atomic E-state index is 0.00403. The summed E-state index contributed by atoms with van der Waals surface area (Å²) in [6, 6.07) is 9.84. The fourth-order valence-electron chi connectivity index (χ4n) is 2.20. The van der Waals surface area contributed by atoms with Crippen LogP contribution in [0.4, 0.5) is 0 Å². The molecule has 0 radical (unpaired) electrons. The van der Waals surface area contributed by atoms with Crippen molar-refractivity contribution < 1.29 is 13.2 Å². The second kappa shape index (κ2) is 5.30. The molecule has 1 heterocycles. The topological polar surface area (TPSA) is 57.7 Å². The highest BCUT2D eigenvalue weighted by Crippen LogP contribution is 2.27. The van der Waals surface area contributed by atoms with Gasteiger partial charge < -0.3 is 4.90 Å². The number of carbonyl (C=O) groups excluding carboxylic acids is 1. The SMILES string of the molecule is CN(CN1C[C@@H](c2ccccc2)CC1=O)S(C)(=O)=O. The highest BCUT2D eigenvalue weighted by atomic mass is 32.2. The van der Waals surface area contributed by atoms with Crippen LogP contribution in [-0.4, -0.2) is 50.0 Å². The normalized spacial score (nSPS) is 20.3. The van der Waals surface area contributed by atoms with Crippen molar-refractivity contribution >= 4 is 15.9 Å². The van der Waals surface area contributed by atoms with Gasteiger partial charge in [0.2, 0.25) is 15.9 Å². The molecule has 0 saturated carbocycles. The maximum atomic E-state index is 11.9. The first-order valence-corrected chi connectivity index (χ1v) is 7.97. The first-order valence-electron chi connectivity index (χ1n) is 6.12. The summed E-state index contributed by atoms with van der Waals surface area (Å²) < 4.78 is 23.9. The summed E-state index contributed by atoms with van der Waals surface area (Å²) in [6.07, 6.45) is 1.59.